The summed E-state index contributed by atoms with van der Waals surface area (Å²) in [6.45, 7) is -0.434. The number of amides is 1. The smallest absolute Gasteiger partial charge is 0.340 e. The van der Waals surface area contributed by atoms with Gasteiger partial charge in [-0.05, 0) is 29.8 Å². The maximum absolute atomic E-state index is 13.5. The number of hydrogen-bond acceptors (Lipinski definition) is 5. The second-order valence-electron chi connectivity index (χ2n) is 5.54. The molecule has 6 nitrogen and oxygen atoms in total. The average molecular weight is 361 g/mol. The van der Waals surface area contributed by atoms with Gasteiger partial charge in [0.05, 0.1) is 19.2 Å². The summed E-state index contributed by atoms with van der Waals surface area (Å²) in [5.41, 5.74) is 0.567. The van der Waals surface area contributed by atoms with E-state index >= 15 is 0 Å². The molecule has 0 aromatic heterocycles. The van der Waals surface area contributed by atoms with Crippen LogP contribution in [0.1, 0.15) is 26.3 Å². The molecule has 0 spiro atoms. The molecule has 1 aliphatic heterocycles. The van der Waals surface area contributed by atoms with Crippen LogP contribution in [0, 0.1) is 11.6 Å². The number of rotatable bonds is 4. The molecular formula is C18H13F2NO5. The molecule has 8 heteroatoms. The Bertz CT molecular complexity index is 913. The summed E-state index contributed by atoms with van der Waals surface area (Å²) < 4.78 is 36.6. The second-order valence-corrected chi connectivity index (χ2v) is 5.54. The first-order valence-electron chi connectivity index (χ1n) is 7.53. The quantitative estimate of drug-likeness (QED) is 0.618. The lowest BCUT2D eigenvalue weighted by atomic mass is 10.0. The van der Waals surface area contributed by atoms with E-state index in [2.05, 4.69) is 0 Å². The highest BCUT2D eigenvalue weighted by Crippen LogP contribution is 2.38. The summed E-state index contributed by atoms with van der Waals surface area (Å²) in [5.74, 6) is -3.15. The number of aldehydes is 1. The standard InChI is InChI=1S/C18H13F2NO5/c1-25-18(24)12-4-11(8-22)6-15-17(12)21(16(23)9-26-15)7-10-2-3-13(19)14(20)5-10/h2-6,8H,7,9H2,1H3. The number of carbonyl (C=O) groups excluding carboxylic acids is 3. The zero-order valence-electron chi connectivity index (χ0n) is 13.6. The predicted molar refractivity (Wildman–Crippen MR) is 86.2 cm³/mol. The van der Waals surface area contributed by atoms with Crippen LogP contribution < -0.4 is 9.64 Å². The number of ether oxygens (including phenoxy) is 2. The first-order chi connectivity index (χ1) is 12.4. The van der Waals surface area contributed by atoms with E-state index < -0.39 is 23.5 Å². The molecule has 1 heterocycles. The molecule has 0 bridgehead atoms. The number of methoxy groups -OCH3 is 1. The molecule has 0 saturated carbocycles. The zero-order chi connectivity index (χ0) is 18.8. The summed E-state index contributed by atoms with van der Waals surface area (Å²) in [4.78, 5) is 36.8. The molecule has 0 saturated heterocycles. The Morgan fingerprint density at radius 3 is 2.69 bits per heavy atom. The molecule has 2 aromatic rings. The zero-order valence-corrected chi connectivity index (χ0v) is 13.6. The van der Waals surface area contributed by atoms with E-state index in [0.29, 0.717) is 11.8 Å². The fourth-order valence-electron chi connectivity index (χ4n) is 2.68. The van der Waals surface area contributed by atoms with Crippen molar-refractivity contribution in [1.82, 2.24) is 0 Å². The van der Waals surface area contributed by atoms with Crippen molar-refractivity contribution in [1.29, 1.82) is 0 Å². The molecular weight excluding hydrogens is 348 g/mol. The molecule has 0 fully saturated rings. The fraction of sp³-hybridized carbons (Fsp3) is 0.167. The molecule has 2 aromatic carbocycles. The summed E-state index contributed by atoms with van der Waals surface area (Å²) in [5, 5.41) is 0. The first-order valence-corrected chi connectivity index (χ1v) is 7.53. The molecule has 1 amide bonds. The summed E-state index contributed by atoms with van der Waals surface area (Å²) in [6.07, 6.45) is 0.534. The number of halogens is 2. The van der Waals surface area contributed by atoms with Gasteiger partial charge in [0.15, 0.2) is 18.2 Å². The van der Waals surface area contributed by atoms with Crippen LogP contribution >= 0.6 is 0 Å². The van der Waals surface area contributed by atoms with Crippen LogP contribution in [-0.2, 0) is 16.1 Å². The highest BCUT2D eigenvalue weighted by molar-refractivity contribution is 6.07. The lowest BCUT2D eigenvalue weighted by molar-refractivity contribution is -0.121. The topological polar surface area (TPSA) is 72.9 Å². The van der Waals surface area contributed by atoms with Crippen molar-refractivity contribution in [2.75, 3.05) is 18.6 Å². The van der Waals surface area contributed by atoms with Crippen molar-refractivity contribution in [2.45, 2.75) is 6.54 Å². The minimum absolute atomic E-state index is 0.0391. The number of hydrogen-bond donors (Lipinski definition) is 0. The van der Waals surface area contributed by atoms with Gasteiger partial charge in [0.2, 0.25) is 0 Å². The largest absolute Gasteiger partial charge is 0.482 e. The maximum Gasteiger partial charge on any atom is 0.340 e. The van der Waals surface area contributed by atoms with E-state index in [9.17, 15) is 23.2 Å². The van der Waals surface area contributed by atoms with E-state index in [1.54, 1.807) is 0 Å². The van der Waals surface area contributed by atoms with Gasteiger partial charge in [0, 0.05) is 5.56 Å². The minimum Gasteiger partial charge on any atom is -0.482 e. The van der Waals surface area contributed by atoms with Gasteiger partial charge in [-0.2, -0.15) is 0 Å². The van der Waals surface area contributed by atoms with Crippen molar-refractivity contribution >= 4 is 23.9 Å². The van der Waals surface area contributed by atoms with Crippen LogP contribution in [-0.4, -0.2) is 31.9 Å². The monoisotopic (exact) mass is 361 g/mol. The van der Waals surface area contributed by atoms with Crippen molar-refractivity contribution in [3.8, 4) is 5.75 Å². The SMILES string of the molecule is COC(=O)c1cc(C=O)cc2c1N(Cc1ccc(F)c(F)c1)C(=O)CO2. The third kappa shape index (κ3) is 3.13. The third-order valence-electron chi connectivity index (χ3n) is 3.89. The van der Waals surface area contributed by atoms with Crippen LogP contribution in [0.15, 0.2) is 30.3 Å². The molecule has 1 aliphatic rings. The minimum atomic E-state index is -1.05. The summed E-state index contributed by atoms with van der Waals surface area (Å²) in [7, 11) is 1.16. The number of benzene rings is 2. The van der Waals surface area contributed by atoms with Gasteiger partial charge in [-0.3, -0.25) is 9.59 Å². The Labute approximate surface area is 146 Å². The Morgan fingerprint density at radius 2 is 2.04 bits per heavy atom. The highest BCUT2D eigenvalue weighted by Gasteiger charge is 2.31. The van der Waals surface area contributed by atoms with Crippen LogP contribution in [0.4, 0.5) is 14.5 Å². The molecule has 0 atom stereocenters. The Balaban J connectivity index is 2.10. The maximum atomic E-state index is 13.5. The normalized spacial score (nSPS) is 13.0. The van der Waals surface area contributed by atoms with Gasteiger partial charge in [0.1, 0.15) is 17.7 Å². The Kier molecular flexibility index (Phi) is 4.66. The summed E-state index contributed by atoms with van der Waals surface area (Å²) in [6, 6.07) is 5.92. The Morgan fingerprint density at radius 1 is 1.27 bits per heavy atom. The second kappa shape index (κ2) is 6.91. The van der Waals surface area contributed by atoms with Crippen LogP contribution in [0.3, 0.4) is 0 Å². The highest BCUT2D eigenvalue weighted by atomic mass is 19.2. The third-order valence-corrected chi connectivity index (χ3v) is 3.89. The molecule has 0 radical (unpaired) electrons. The van der Waals surface area contributed by atoms with Gasteiger partial charge in [-0.1, -0.05) is 6.07 Å². The van der Waals surface area contributed by atoms with Crippen molar-refractivity contribution in [3.63, 3.8) is 0 Å². The number of nitrogens with zero attached hydrogens (tertiary/aromatic N) is 1. The lowest BCUT2D eigenvalue weighted by Gasteiger charge is -2.31. The number of carbonyl (C=O) groups is 3. The Hall–Kier alpha value is -3.29. The molecule has 0 aliphatic carbocycles. The fourth-order valence-corrected chi connectivity index (χ4v) is 2.68. The van der Waals surface area contributed by atoms with Crippen LogP contribution in [0.5, 0.6) is 5.75 Å². The van der Waals surface area contributed by atoms with E-state index in [1.807, 2.05) is 0 Å². The van der Waals surface area contributed by atoms with Gasteiger partial charge >= 0.3 is 5.97 Å². The number of anilines is 1. The predicted octanol–water partition coefficient (Wildman–Crippen LogP) is 2.49. The van der Waals surface area contributed by atoms with Crippen LogP contribution in [0.2, 0.25) is 0 Å². The van der Waals surface area contributed by atoms with E-state index in [4.69, 9.17) is 9.47 Å². The van der Waals surface area contributed by atoms with Gasteiger partial charge in [-0.25, -0.2) is 13.6 Å². The molecule has 26 heavy (non-hydrogen) atoms. The molecule has 0 N–H and O–H groups in total. The number of esters is 1. The van der Waals surface area contributed by atoms with E-state index in [1.165, 1.54) is 23.1 Å². The van der Waals surface area contributed by atoms with Crippen molar-refractivity contribution < 1.29 is 32.6 Å². The van der Waals surface area contributed by atoms with Gasteiger partial charge in [0.25, 0.3) is 5.91 Å². The van der Waals surface area contributed by atoms with Gasteiger partial charge in [-0.15, -0.1) is 0 Å². The lowest BCUT2D eigenvalue weighted by Crippen LogP contribution is -2.39. The molecule has 134 valence electrons. The van der Waals surface area contributed by atoms with Crippen LogP contribution in [0.25, 0.3) is 0 Å². The van der Waals surface area contributed by atoms with Crippen molar-refractivity contribution in [2.24, 2.45) is 0 Å². The van der Waals surface area contributed by atoms with E-state index in [-0.39, 0.29) is 35.7 Å². The van der Waals surface area contributed by atoms with E-state index in [0.717, 1.165) is 19.2 Å². The number of fused-ring (bicyclic) bond motifs is 1. The van der Waals surface area contributed by atoms with Gasteiger partial charge < -0.3 is 14.4 Å². The van der Waals surface area contributed by atoms with Crippen molar-refractivity contribution in [3.05, 3.63) is 58.7 Å². The summed E-state index contributed by atoms with van der Waals surface area (Å²) >= 11 is 0. The average Bonchev–Trinajstić information content (AvgIpc) is 2.65. The first kappa shape index (κ1) is 17.5. The molecule has 0 unspecified atom stereocenters. The molecule has 3 rings (SSSR count).